The molecule has 1 saturated carbocycles. The molecule has 2 nitrogen and oxygen atoms in total. The average Bonchev–Trinajstić information content (AvgIpc) is 2.40. The van der Waals surface area contributed by atoms with Crippen molar-refractivity contribution >= 4 is 0 Å². The molecule has 0 saturated heterocycles. The van der Waals surface area contributed by atoms with E-state index in [1.165, 1.54) is 13.0 Å². The average molecular weight is 302 g/mol. The summed E-state index contributed by atoms with van der Waals surface area (Å²) in [5.41, 5.74) is -1.25. The third-order valence-electron chi connectivity index (χ3n) is 4.54. The predicted octanol–water partition coefficient (Wildman–Crippen LogP) is 3.99. The van der Waals surface area contributed by atoms with Gasteiger partial charge in [-0.2, -0.15) is 13.2 Å². The number of halogens is 3. The number of benzene rings is 1. The second-order valence-electron chi connectivity index (χ2n) is 6.26. The van der Waals surface area contributed by atoms with Gasteiger partial charge < -0.3 is 10.2 Å². The molecule has 1 atom stereocenters. The Kier molecular flexibility index (Phi) is 4.36. The van der Waals surface area contributed by atoms with E-state index in [0.29, 0.717) is 29.9 Å². The quantitative estimate of drug-likeness (QED) is 0.867. The number of hydrogen-bond acceptors (Lipinski definition) is 2. The molecule has 118 valence electrons. The molecular formula is C16H21F3O2. The van der Waals surface area contributed by atoms with Crippen molar-refractivity contribution < 1.29 is 23.4 Å². The van der Waals surface area contributed by atoms with E-state index in [9.17, 15) is 23.4 Å². The zero-order valence-electron chi connectivity index (χ0n) is 12.2. The Balaban J connectivity index is 2.25. The van der Waals surface area contributed by atoms with Crippen LogP contribution in [0.2, 0.25) is 0 Å². The summed E-state index contributed by atoms with van der Waals surface area (Å²) in [7, 11) is 0. The molecular weight excluding hydrogens is 281 g/mol. The minimum Gasteiger partial charge on any atom is -0.387 e. The van der Waals surface area contributed by atoms with E-state index >= 15 is 0 Å². The Bertz CT molecular complexity index is 503. The topological polar surface area (TPSA) is 40.5 Å². The lowest BCUT2D eigenvalue weighted by Crippen LogP contribution is -2.40. The fraction of sp³-hybridized carbons (Fsp3) is 0.625. The first-order valence-corrected chi connectivity index (χ1v) is 7.22. The smallest absolute Gasteiger partial charge is 0.387 e. The van der Waals surface area contributed by atoms with Crippen molar-refractivity contribution in [2.45, 2.75) is 57.4 Å². The Morgan fingerprint density at radius 3 is 2.29 bits per heavy atom. The van der Waals surface area contributed by atoms with Gasteiger partial charge in [-0.15, -0.1) is 0 Å². The maximum absolute atomic E-state index is 12.7. The van der Waals surface area contributed by atoms with E-state index in [2.05, 4.69) is 6.92 Å². The third kappa shape index (κ3) is 3.40. The Morgan fingerprint density at radius 2 is 1.81 bits per heavy atom. The predicted molar refractivity (Wildman–Crippen MR) is 73.7 cm³/mol. The van der Waals surface area contributed by atoms with Gasteiger partial charge in [0.25, 0.3) is 0 Å². The van der Waals surface area contributed by atoms with Gasteiger partial charge in [-0.1, -0.05) is 13.0 Å². The summed E-state index contributed by atoms with van der Waals surface area (Å²) in [4.78, 5) is 0. The summed E-state index contributed by atoms with van der Waals surface area (Å²) in [6.07, 6.45) is -2.98. The number of hydrogen-bond donors (Lipinski definition) is 2. The van der Waals surface area contributed by atoms with Crippen LogP contribution in [0, 0.1) is 12.8 Å². The molecule has 0 heterocycles. The largest absolute Gasteiger partial charge is 0.416 e. The van der Waals surface area contributed by atoms with E-state index < -0.39 is 23.4 Å². The summed E-state index contributed by atoms with van der Waals surface area (Å²) < 4.78 is 38.0. The minimum atomic E-state index is -4.40. The van der Waals surface area contributed by atoms with Gasteiger partial charge in [0.2, 0.25) is 0 Å². The van der Waals surface area contributed by atoms with Crippen LogP contribution in [0.5, 0.6) is 0 Å². The van der Waals surface area contributed by atoms with E-state index in [1.807, 2.05) is 0 Å². The maximum atomic E-state index is 12.7. The minimum absolute atomic E-state index is 0.351. The van der Waals surface area contributed by atoms with Crippen molar-refractivity contribution in [3.8, 4) is 0 Å². The first-order valence-electron chi connectivity index (χ1n) is 7.22. The third-order valence-corrected chi connectivity index (χ3v) is 4.54. The van der Waals surface area contributed by atoms with E-state index in [4.69, 9.17) is 0 Å². The lowest BCUT2D eigenvalue weighted by atomic mass is 9.74. The highest BCUT2D eigenvalue weighted by molar-refractivity contribution is 5.35. The fourth-order valence-electron chi connectivity index (χ4n) is 2.98. The highest BCUT2D eigenvalue weighted by Crippen LogP contribution is 2.42. The molecule has 21 heavy (non-hydrogen) atoms. The van der Waals surface area contributed by atoms with Crippen LogP contribution in [0.25, 0.3) is 0 Å². The van der Waals surface area contributed by atoms with Crippen LogP contribution >= 0.6 is 0 Å². The number of aryl methyl sites for hydroxylation is 1. The monoisotopic (exact) mass is 302 g/mol. The number of aliphatic hydroxyl groups excluding tert-OH is 1. The van der Waals surface area contributed by atoms with Crippen LogP contribution < -0.4 is 0 Å². The van der Waals surface area contributed by atoms with Crippen molar-refractivity contribution in [3.63, 3.8) is 0 Å². The Morgan fingerprint density at radius 1 is 1.24 bits per heavy atom. The summed E-state index contributed by atoms with van der Waals surface area (Å²) in [6, 6.07) is 3.26. The van der Waals surface area contributed by atoms with Gasteiger partial charge in [0.1, 0.15) is 6.10 Å². The molecule has 5 heteroatoms. The van der Waals surface area contributed by atoms with Crippen molar-refractivity contribution in [2.75, 3.05) is 0 Å². The van der Waals surface area contributed by atoms with Crippen LogP contribution in [0.4, 0.5) is 13.2 Å². The second-order valence-corrected chi connectivity index (χ2v) is 6.26. The van der Waals surface area contributed by atoms with Gasteiger partial charge in [-0.05, 0) is 61.8 Å². The van der Waals surface area contributed by atoms with E-state index in [0.717, 1.165) is 25.0 Å². The van der Waals surface area contributed by atoms with Crippen molar-refractivity contribution in [1.82, 2.24) is 0 Å². The molecule has 0 aromatic heterocycles. The second kappa shape index (κ2) is 5.61. The number of alkyl halides is 3. The van der Waals surface area contributed by atoms with Crippen LogP contribution in [0.1, 0.15) is 55.4 Å². The summed E-state index contributed by atoms with van der Waals surface area (Å²) in [5, 5.41) is 21.0. The molecule has 0 spiro atoms. The molecule has 0 amide bonds. The lowest BCUT2D eigenvalue weighted by Gasteiger charge is -2.39. The Hall–Kier alpha value is -1.07. The molecule has 1 aliphatic rings. The van der Waals surface area contributed by atoms with Crippen LogP contribution in [-0.2, 0) is 6.18 Å². The summed E-state index contributed by atoms with van der Waals surface area (Å²) in [6.45, 7) is 3.62. The maximum Gasteiger partial charge on any atom is 0.416 e. The van der Waals surface area contributed by atoms with Crippen LogP contribution in [0.15, 0.2) is 18.2 Å². The van der Waals surface area contributed by atoms with Crippen molar-refractivity contribution in [2.24, 2.45) is 5.92 Å². The highest BCUT2D eigenvalue weighted by Gasteiger charge is 2.40. The van der Waals surface area contributed by atoms with Gasteiger partial charge in [0.05, 0.1) is 11.2 Å². The molecule has 1 fully saturated rings. The van der Waals surface area contributed by atoms with Gasteiger partial charge in [0, 0.05) is 0 Å². The number of rotatable bonds is 2. The SMILES string of the molecule is Cc1cc(C(F)(F)F)ccc1C(O)C1(O)CCC(C)CC1. The van der Waals surface area contributed by atoms with Crippen molar-refractivity contribution in [3.05, 3.63) is 34.9 Å². The molecule has 2 rings (SSSR count). The molecule has 2 N–H and O–H groups in total. The van der Waals surface area contributed by atoms with Crippen molar-refractivity contribution in [1.29, 1.82) is 0 Å². The zero-order chi connectivity index (χ0) is 15.8. The van der Waals surface area contributed by atoms with Gasteiger partial charge in [0.15, 0.2) is 0 Å². The van der Waals surface area contributed by atoms with Gasteiger partial charge >= 0.3 is 6.18 Å². The summed E-state index contributed by atoms with van der Waals surface area (Å²) >= 11 is 0. The molecule has 1 unspecified atom stereocenters. The standard InChI is InChI=1S/C16H21F3O2/c1-10-5-7-15(21,8-6-10)14(20)13-4-3-12(9-11(13)2)16(17,18)19/h3-4,9-10,14,20-21H,5-8H2,1-2H3. The molecule has 1 aromatic carbocycles. The number of aliphatic hydroxyl groups is 2. The molecule has 0 bridgehead atoms. The van der Waals surface area contributed by atoms with E-state index in [-0.39, 0.29) is 0 Å². The lowest BCUT2D eigenvalue weighted by molar-refractivity contribution is -0.137. The molecule has 1 aliphatic carbocycles. The summed E-state index contributed by atoms with van der Waals surface area (Å²) in [5.74, 6) is 0.506. The van der Waals surface area contributed by atoms with Gasteiger partial charge in [-0.3, -0.25) is 0 Å². The fourth-order valence-corrected chi connectivity index (χ4v) is 2.98. The highest BCUT2D eigenvalue weighted by atomic mass is 19.4. The Labute approximate surface area is 122 Å². The van der Waals surface area contributed by atoms with Crippen LogP contribution in [0.3, 0.4) is 0 Å². The van der Waals surface area contributed by atoms with Crippen LogP contribution in [-0.4, -0.2) is 15.8 Å². The first kappa shape index (κ1) is 16.3. The molecule has 1 aromatic rings. The molecule has 0 radical (unpaired) electrons. The first-order chi connectivity index (χ1) is 9.63. The zero-order valence-corrected chi connectivity index (χ0v) is 12.2. The van der Waals surface area contributed by atoms with Gasteiger partial charge in [-0.25, -0.2) is 0 Å². The van der Waals surface area contributed by atoms with E-state index in [1.54, 1.807) is 0 Å². The normalized spacial score (nSPS) is 28.4. The molecule has 0 aliphatic heterocycles.